The second-order valence-electron chi connectivity index (χ2n) is 7.78. The summed E-state index contributed by atoms with van der Waals surface area (Å²) in [5.41, 5.74) is 8.04. The van der Waals surface area contributed by atoms with Crippen molar-refractivity contribution in [2.75, 3.05) is 31.9 Å². The molecule has 3 unspecified atom stereocenters. The van der Waals surface area contributed by atoms with Crippen LogP contribution in [0.25, 0.3) is 0 Å². The van der Waals surface area contributed by atoms with Crippen molar-refractivity contribution in [1.82, 2.24) is 10.2 Å². The minimum atomic E-state index is -3.21. The van der Waals surface area contributed by atoms with Gasteiger partial charge in [-0.2, -0.15) is 0 Å². The molecule has 2 fully saturated rings. The highest BCUT2D eigenvalue weighted by atomic mass is 32.2. The molecule has 3 aliphatic rings. The zero-order valence-electron chi connectivity index (χ0n) is 14.8. The van der Waals surface area contributed by atoms with Crippen LogP contribution in [0.1, 0.15) is 42.9 Å². The molecule has 25 heavy (non-hydrogen) atoms. The highest BCUT2D eigenvalue weighted by molar-refractivity contribution is 7.91. The van der Waals surface area contributed by atoms with E-state index in [1.807, 2.05) is 12.1 Å². The number of nitrogens with two attached hydrogens (primary N) is 1. The minimum Gasteiger partial charge on any atom is -0.330 e. The van der Waals surface area contributed by atoms with Gasteiger partial charge in [0.15, 0.2) is 9.84 Å². The van der Waals surface area contributed by atoms with Gasteiger partial charge in [-0.25, -0.2) is 8.42 Å². The van der Waals surface area contributed by atoms with E-state index in [1.165, 1.54) is 30.5 Å². The molecule has 138 valence electrons. The Morgan fingerprint density at radius 3 is 3.04 bits per heavy atom. The summed E-state index contributed by atoms with van der Waals surface area (Å²) in [6.07, 6.45) is 5.25. The molecule has 3 atom stereocenters. The first-order chi connectivity index (χ1) is 12.1. The summed E-state index contributed by atoms with van der Waals surface area (Å²) in [6.45, 7) is 3.78. The minimum absolute atomic E-state index is 0.144. The Morgan fingerprint density at radius 1 is 1.32 bits per heavy atom. The molecule has 0 radical (unpaired) electrons. The number of nitrogens with one attached hydrogen (secondary N) is 1. The molecule has 0 spiro atoms. The molecule has 1 aromatic carbocycles. The van der Waals surface area contributed by atoms with Crippen LogP contribution >= 0.6 is 0 Å². The third kappa shape index (κ3) is 3.37. The van der Waals surface area contributed by atoms with Gasteiger partial charge >= 0.3 is 0 Å². The van der Waals surface area contributed by atoms with Crippen LogP contribution in [-0.2, 0) is 16.3 Å². The number of nitrogens with zero attached hydrogens (tertiary/aromatic N) is 1. The topological polar surface area (TPSA) is 75.4 Å². The van der Waals surface area contributed by atoms with Gasteiger partial charge in [0.2, 0.25) is 0 Å². The van der Waals surface area contributed by atoms with Gasteiger partial charge in [-0.05, 0) is 74.4 Å². The molecule has 0 bridgehead atoms. The predicted octanol–water partition coefficient (Wildman–Crippen LogP) is 1.48. The fraction of sp³-hybridized carbons (Fsp3) is 0.684. The lowest BCUT2D eigenvalue weighted by Gasteiger charge is -2.49. The second kappa shape index (κ2) is 6.99. The Labute approximate surface area is 150 Å². The first kappa shape index (κ1) is 17.5. The van der Waals surface area contributed by atoms with Gasteiger partial charge in [-0.15, -0.1) is 0 Å². The van der Waals surface area contributed by atoms with Crippen molar-refractivity contribution >= 4 is 9.84 Å². The average Bonchev–Trinajstić information content (AvgIpc) is 2.64. The van der Waals surface area contributed by atoms with Gasteiger partial charge in [0, 0.05) is 25.2 Å². The van der Waals surface area contributed by atoms with E-state index in [2.05, 4.69) is 16.3 Å². The number of sulfone groups is 1. The lowest BCUT2D eigenvalue weighted by Crippen LogP contribution is -2.54. The average molecular weight is 364 g/mol. The Bertz CT molecular complexity index is 734. The second-order valence-corrected chi connectivity index (χ2v) is 9.89. The molecule has 0 aliphatic carbocycles. The summed E-state index contributed by atoms with van der Waals surface area (Å²) < 4.78 is 24.9. The molecular formula is C19H29N3O2S. The van der Waals surface area contributed by atoms with Gasteiger partial charge in [-0.3, -0.25) is 4.90 Å². The van der Waals surface area contributed by atoms with E-state index in [1.54, 1.807) is 0 Å². The van der Waals surface area contributed by atoms with Crippen molar-refractivity contribution in [2.45, 2.75) is 49.1 Å². The van der Waals surface area contributed by atoms with Crippen LogP contribution in [0.3, 0.4) is 0 Å². The summed E-state index contributed by atoms with van der Waals surface area (Å²) in [7, 11) is -3.21. The molecule has 0 saturated carbocycles. The molecule has 4 rings (SSSR count). The van der Waals surface area contributed by atoms with Crippen LogP contribution in [0.2, 0.25) is 0 Å². The highest BCUT2D eigenvalue weighted by Crippen LogP contribution is 2.41. The van der Waals surface area contributed by atoms with Crippen molar-refractivity contribution < 1.29 is 8.42 Å². The summed E-state index contributed by atoms with van der Waals surface area (Å²) in [5.74, 6) is 0.924. The Morgan fingerprint density at radius 2 is 2.20 bits per heavy atom. The molecule has 5 nitrogen and oxygen atoms in total. The standard InChI is InChI=1S/C19H29N3O2S/c20-7-2-10-25(23,24)16-4-5-17-14(11-16)6-9-22-13-15-3-1-8-21-18(15)12-19(17)22/h4-5,11,15,18-19,21H,1-3,6-10,12-13,20H2. The van der Waals surface area contributed by atoms with Crippen LogP contribution in [-0.4, -0.2) is 51.3 Å². The van der Waals surface area contributed by atoms with Crippen molar-refractivity contribution in [3.8, 4) is 0 Å². The molecule has 3 N–H and O–H groups in total. The zero-order valence-corrected chi connectivity index (χ0v) is 15.6. The largest absolute Gasteiger partial charge is 0.330 e. The number of rotatable bonds is 4. The van der Waals surface area contributed by atoms with Gasteiger partial charge < -0.3 is 11.1 Å². The fourth-order valence-electron chi connectivity index (χ4n) is 4.88. The van der Waals surface area contributed by atoms with Crippen molar-refractivity contribution in [1.29, 1.82) is 0 Å². The maximum Gasteiger partial charge on any atom is 0.178 e. The Hall–Kier alpha value is -0.950. The molecule has 3 heterocycles. The predicted molar refractivity (Wildman–Crippen MR) is 99.3 cm³/mol. The van der Waals surface area contributed by atoms with E-state index < -0.39 is 9.84 Å². The first-order valence-corrected chi connectivity index (χ1v) is 11.3. The van der Waals surface area contributed by atoms with Crippen LogP contribution in [0.15, 0.2) is 23.1 Å². The smallest absolute Gasteiger partial charge is 0.178 e. The molecule has 2 saturated heterocycles. The van der Waals surface area contributed by atoms with Crippen LogP contribution < -0.4 is 11.1 Å². The number of fused-ring (bicyclic) bond motifs is 4. The maximum absolute atomic E-state index is 12.5. The van der Waals surface area contributed by atoms with Crippen molar-refractivity contribution in [2.24, 2.45) is 11.7 Å². The molecule has 1 aromatic rings. The van der Waals surface area contributed by atoms with E-state index >= 15 is 0 Å². The third-order valence-corrected chi connectivity index (χ3v) is 8.03. The molecule has 3 aliphatic heterocycles. The summed E-state index contributed by atoms with van der Waals surface area (Å²) in [5, 5.41) is 3.71. The van der Waals surface area contributed by atoms with Gasteiger partial charge in [0.25, 0.3) is 0 Å². The van der Waals surface area contributed by atoms with E-state index in [0.29, 0.717) is 29.9 Å². The summed E-state index contributed by atoms with van der Waals surface area (Å²) >= 11 is 0. The molecule has 6 heteroatoms. The fourth-order valence-corrected chi connectivity index (χ4v) is 6.25. The van der Waals surface area contributed by atoms with E-state index in [9.17, 15) is 8.42 Å². The lowest BCUT2D eigenvalue weighted by molar-refractivity contribution is 0.0551. The van der Waals surface area contributed by atoms with Gasteiger partial charge in [0.1, 0.15) is 0 Å². The Balaban J connectivity index is 1.58. The van der Waals surface area contributed by atoms with Crippen molar-refractivity contribution in [3.63, 3.8) is 0 Å². The van der Waals surface area contributed by atoms with Gasteiger partial charge in [0.05, 0.1) is 10.6 Å². The summed E-state index contributed by atoms with van der Waals surface area (Å²) in [4.78, 5) is 3.09. The first-order valence-electron chi connectivity index (χ1n) is 9.61. The number of hydrogen-bond acceptors (Lipinski definition) is 5. The quantitative estimate of drug-likeness (QED) is 0.847. The third-order valence-electron chi connectivity index (χ3n) is 6.23. The van der Waals surface area contributed by atoms with E-state index in [-0.39, 0.29) is 5.75 Å². The number of benzene rings is 1. The lowest BCUT2D eigenvalue weighted by atomic mass is 9.77. The normalized spacial score (nSPS) is 29.6. The summed E-state index contributed by atoms with van der Waals surface area (Å²) in [6, 6.07) is 6.88. The zero-order chi connectivity index (χ0) is 17.4. The van der Waals surface area contributed by atoms with Crippen LogP contribution in [0.4, 0.5) is 0 Å². The number of piperidine rings is 2. The van der Waals surface area contributed by atoms with E-state index in [0.717, 1.165) is 31.8 Å². The maximum atomic E-state index is 12.5. The molecule has 0 aromatic heterocycles. The van der Waals surface area contributed by atoms with Gasteiger partial charge in [-0.1, -0.05) is 6.07 Å². The molecule has 0 amide bonds. The van der Waals surface area contributed by atoms with Crippen LogP contribution in [0.5, 0.6) is 0 Å². The highest BCUT2D eigenvalue weighted by Gasteiger charge is 2.39. The van der Waals surface area contributed by atoms with Crippen LogP contribution in [0, 0.1) is 5.92 Å². The van der Waals surface area contributed by atoms with Crippen molar-refractivity contribution in [3.05, 3.63) is 29.3 Å². The Kier molecular flexibility index (Phi) is 4.88. The SMILES string of the molecule is NCCCS(=O)(=O)c1ccc2c(c1)CCN1CC3CCCNC3CC21. The number of hydrogen-bond donors (Lipinski definition) is 2. The monoisotopic (exact) mass is 363 g/mol. The molecular weight excluding hydrogens is 334 g/mol. The van der Waals surface area contributed by atoms with E-state index in [4.69, 9.17) is 5.73 Å².